The predicted molar refractivity (Wildman–Crippen MR) is 71.7 cm³/mol. The zero-order valence-electron chi connectivity index (χ0n) is 10.4. The molecular weight excluding hydrogens is 246 g/mol. The van der Waals surface area contributed by atoms with Gasteiger partial charge in [0.05, 0.1) is 6.20 Å². The molecule has 0 aliphatic heterocycles. The molecule has 2 aromatic rings. The van der Waals surface area contributed by atoms with E-state index in [9.17, 15) is 0 Å². The van der Waals surface area contributed by atoms with Crippen molar-refractivity contribution in [1.29, 1.82) is 0 Å². The second-order valence-electron chi connectivity index (χ2n) is 3.54. The maximum absolute atomic E-state index is 4.33. The molecule has 0 saturated heterocycles. The molecule has 18 heavy (non-hydrogen) atoms. The summed E-state index contributed by atoms with van der Waals surface area (Å²) in [6.07, 6.45) is 7.54. The molecule has 2 heterocycles. The monoisotopic (exact) mass is 261 g/mol. The van der Waals surface area contributed by atoms with Crippen LogP contribution in [0.1, 0.15) is 19.4 Å². The standard InChI is InChI=1S/C12H15N5S/c1-3-9-11(14-4-2)16-8-17-12(9)18-10-7-13-5-6-15-10/h5-8H,3-4H2,1-2H3,(H,14,16,17). The fraction of sp³-hybridized carbons (Fsp3) is 0.333. The van der Waals surface area contributed by atoms with E-state index in [0.29, 0.717) is 0 Å². The predicted octanol–water partition coefficient (Wildman–Crippen LogP) is 2.41. The molecule has 0 saturated carbocycles. The molecule has 1 N–H and O–H groups in total. The first-order valence-electron chi connectivity index (χ1n) is 5.86. The fourth-order valence-corrected chi connectivity index (χ4v) is 2.45. The molecule has 0 atom stereocenters. The van der Waals surface area contributed by atoms with Crippen LogP contribution in [0.25, 0.3) is 0 Å². The van der Waals surface area contributed by atoms with Gasteiger partial charge in [0.2, 0.25) is 0 Å². The zero-order chi connectivity index (χ0) is 12.8. The van der Waals surface area contributed by atoms with Gasteiger partial charge in [0, 0.05) is 24.5 Å². The molecule has 0 aliphatic rings. The Bertz CT molecular complexity index is 503. The van der Waals surface area contributed by atoms with Gasteiger partial charge in [-0.2, -0.15) is 0 Å². The van der Waals surface area contributed by atoms with Crippen molar-refractivity contribution in [3.63, 3.8) is 0 Å². The summed E-state index contributed by atoms with van der Waals surface area (Å²) in [4.78, 5) is 16.9. The number of hydrogen-bond acceptors (Lipinski definition) is 6. The van der Waals surface area contributed by atoms with Crippen molar-refractivity contribution in [2.45, 2.75) is 30.3 Å². The van der Waals surface area contributed by atoms with Gasteiger partial charge in [-0.3, -0.25) is 4.98 Å². The minimum Gasteiger partial charge on any atom is -0.370 e. The molecule has 0 fully saturated rings. The van der Waals surface area contributed by atoms with Crippen LogP contribution in [-0.2, 0) is 6.42 Å². The van der Waals surface area contributed by atoms with Crippen molar-refractivity contribution in [1.82, 2.24) is 19.9 Å². The summed E-state index contributed by atoms with van der Waals surface area (Å²) < 4.78 is 0. The third-order valence-electron chi connectivity index (χ3n) is 2.34. The highest BCUT2D eigenvalue weighted by Gasteiger charge is 2.11. The van der Waals surface area contributed by atoms with Crippen molar-refractivity contribution in [3.8, 4) is 0 Å². The Morgan fingerprint density at radius 2 is 2.06 bits per heavy atom. The lowest BCUT2D eigenvalue weighted by atomic mass is 10.2. The van der Waals surface area contributed by atoms with E-state index in [4.69, 9.17) is 0 Å². The molecular formula is C12H15N5S. The molecule has 2 rings (SSSR count). The summed E-state index contributed by atoms with van der Waals surface area (Å²) in [5.41, 5.74) is 1.12. The Labute approximate surface area is 110 Å². The van der Waals surface area contributed by atoms with E-state index < -0.39 is 0 Å². The van der Waals surface area contributed by atoms with Gasteiger partial charge in [-0.05, 0) is 25.1 Å². The summed E-state index contributed by atoms with van der Waals surface area (Å²) in [5.74, 6) is 0.904. The van der Waals surface area contributed by atoms with E-state index in [1.54, 1.807) is 24.9 Å². The van der Waals surface area contributed by atoms with Gasteiger partial charge in [-0.15, -0.1) is 0 Å². The molecule has 0 spiro atoms. The van der Waals surface area contributed by atoms with Gasteiger partial charge in [0.1, 0.15) is 22.2 Å². The molecule has 6 heteroatoms. The lowest BCUT2D eigenvalue weighted by molar-refractivity contribution is 0.932. The average Bonchev–Trinajstić information content (AvgIpc) is 2.41. The van der Waals surface area contributed by atoms with E-state index in [1.165, 1.54) is 11.8 Å². The van der Waals surface area contributed by atoms with E-state index >= 15 is 0 Å². The van der Waals surface area contributed by atoms with Crippen molar-refractivity contribution in [2.24, 2.45) is 0 Å². The van der Waals surface area contributed by atoms with Crippen LogP contribution in [0.4, 0.5) is 5.82 Å². The maximum atomic E-state index is 4.33. The molecule has 0 amide bonds. The minimum absolute atomic E-state index is 0.841. The SMILES string of the molecule is CCNc1ncnc(Sc2cnccn2)c1CC. The number of rotatable bonds is 5. The van der Waals surface area contributed by atoms with Crippen molar-refractivity contribution in [3.05, 3.63) is 30.5 Å². The van der Waals surface area contributed by atoms with Crippen LogP contribution in [0.15, 0.2) is 35.0 Å². The molecule has 5 nitrogen and oxygen atoms in total. The summed E-state index contributed by atoms with van der Waals surface area (Å²) in [6.45, 7) is 5.00. The lowest BCUT2D eigenvalue weighted by Gasteiger charge is -2.11. The highest BCUT2D eigenvalue weighted by atomic mass is 32.2. The van der Waals surface area contributed by atoms with Gasteiger partial charge < -0.3 is 5.32 Å². The summed E-state index contributed by atoms with van der Waals surface area (Å²) >= 11 is 1.51. The quantitative estimate of drug-likeness (QED) is 0.834. The molecule has 0 aliphatic carbocycles. The van der Waals surface area contributed by atoms with Crippen LogP contribution in [0, 0.1) is 0 Å². The zero-order valence-corrected chi connectivity index (χ0v) is 11.2. The van der Waals surface area contributed by atoms with E-state index in [1.807, 2.05) is 0 Å². The average molecular weight is 261 g/mol. The van der Waals surface area contributed by atoms with Gasteiger partial charge in [-0.1, -0.05) is 6.92 Å². The summed E-state index contributed by atoms with van der Waals surface area (Å²) in [5, 5.41) is 5.03. The van der Waals surface area contributed by atoms with Crippen molar-refractivity contribution < 1.29 is 0 Å². The first-order valence-corrected chi connectivity index (χ1v) is 6.68. The van der Waals surface area contributed by atoms with Crippen molar-refractivity contribution >= 4 is 17.6 Å². The van der Waals surface area contributed by atoms with Gasteiger partial charge >= 0.3 is 0 Å². The van der Waals surface area contributed by atoms with E-state index in [2.05, 4.69) is 39.1 Å². The number of nitrogens with one attached hydrogen (secondary N) is 1. The van der Waals surface area contributed by atoms with Crippen LogP contribution < -0.4 is 5.32 Å². The van der Waals surface area contributed by atoms with Gasteiger partial charge in [0.25, 0.3) is 0 Å². The third kappa shape index (κ3) is 2.95. The molecule has 94 valence electrons. The Kier molecular flexibility index (Phi) is 4.46. The van der Waals surface area contributed by atoms with Gasteiger partial charge in [-0.25, -0.2) is 15.0 Å². The maximum Gasteiger partial charge on any atom is 0.133 e. The third-order valence-corrected chi connectivity index (χ3v) is 3.31. The normalized spacial score (nSPS) is 10.3. The Morgan fingerprint density at radius 3 is 2.72 bits per heavy atom. The Morgan fingerprint density at radius 1 is 1.17 bits per heavy atom. The second-order valence-corrected chi connectivity index (χ2v) is 4.54. The van der Waals surface area contributed by atoms with Crippen LogP contribution in [0.2, 0.25) is 0 Å². The molecule has 0 radical (unpaired) electrons. The lowest BCUT2D eigenvalue weighted by Crippen LogP contribution is -2.05. The number of aromatic nitrogens is 4. The molecule has 0 unspecified atom stereocenters. The highest BCUT2D eigenvalue weighted by Crippen LogP contribution is 2.29. The number of anilines is 1. The van der Waals surface area contributed by atoms with Crippen LogP contribution >= 0.6 is 11.8 Å². The minimum atomic E-state index is 0.841. The Balaban J connectivity index is 2.30. The first kappa shape index (κ1) is 12.8. The molecule has 0 bridgehead atoms. The van der Waals surface area contributed by atoms with Crippen LogP contribution in [-0.4, -0.2) is 26.5 Å². The van der Waals surface area contributed by atoms with E-state index in [0.717, 1.165) is 34.4 Å². The number of nitrogens with zero attached hydrogens (tertiary/aromatic N) is 4. The largest absolute Gasteiger partial charge is 0.370 e. The smallest absolute Gasteiger partial charge is 0.133 e. The van der Waals surface area contributed by atoms with E-state index in [-0.39, 0.29) is 0 Å². The van der Waals surface area contributed by atoms with Crippen LogP contribution in [0.3, 0.4) is 0 Å². The molecule has 0 aromatic carbocycles. The van der Waals surface area contributed by atoms with Gasteiger partial charge in [0.15, 0.2) is 0 Å². The summed E-state index contributed by atoms with van der Waals surface area (Å²) in [7, 11) is 0. The number of hydrogen-bond donors (Lipinski definition) is 1. The van der Waals surface area contributed by atoms with Crippen molar-refractivity contribution in [2.75, 3.05) is 11.9 Å². The molecule has 2 aromatic heterocycles. The highest BCUT2D eigenvalue weighted by molar-refractivity contribution is 7.99. The first-order chi connectivity index (χ1) is 8.85. The summed E-state index contributed by atoms with van der Waals surface area (Å²) in [6, 6.07) is 0. The van der Waals surface area contributed by atoms with Crippen LogP contribution in [0.5, 0.6) is 0 Å². The Hall–Kier alpha value is -1.69. The fourth-order valence-electron chi connectivity index (χ4n) is 1.56. The topological polar surface area (TPSA) is 63.6 Å². The second kappa shape index (κ2) is 6.30.